The van der Waals surface area contributed by atoms with Crippen LogP contribution >= 0.6 is 11.6 Å². The number of hydrogen-bond acceptors (Lipinski definition) is 5. The Morgan fingerprint density at radius 2 is 2.00 bits per heavy atom. The number of nitrogens with one attached hydrogen (secondary N) is 1. The quantitative estimate of drug-likeness (QED) is 0.846. The highest BCUT2D eigenvalue weighted by molar-refractivity contribution is 6.29. The van der Waals surface area contributed by atoms with Gasteiger partial charge in [-0.3, -0.25) is 4.90 Å². The van der Waals surface area contributed by atoms with Crippen molar-refractivity contribution in [3.8, 4) is 0 Å². The van der Waals surface area contributed by atoms with E-state index in [0.717, 1.165) is 5.56 Å². The second kappa shape index (κ2) is 6.28. The van der Waals surface area contributed by atoms with Crippen LogP contribution in [-0.4, -0.2) is 28.2 Å². The fraction of sp³-hybridized carbons (Fsp3) is 0.353. The number of rotatable bonds is 4. The van der Waals surface area contributed by atoms with Gasteiger partial charge in [0, 0.05) is 6.07 Å². The fourth-order valence-corrected chi connectivity index (χ4v) is 2.80. The molecular formula is C17H19ClN4O2. The Hall–Kier alpha value is -2.34. The average molecular weight is 347 g/mol. The summed E-state index contributed by atoms with van der Waals surface area (Å²) in [5.41, 5.74) is 0.611. The molecular weight excluding hydrogens is 328 g/mol. The van der Waals surface area contributed by atoms with Crippen molar-refractivity contribution in [2.75, 3.05) is 16.8 Å². The summed E-state index contributed by atoms with van der Waals surface area (Å²) in [5.74, 6) is 0.787. The molecule has 0 bridgehead atoms. The Morgan fingerprint density at radius 1 is 1.29 bits per heavy atom. The number of aromatic nitrogens is 2. The van der Waals surface area contributed by atoms with E-state index in [2.05, 4.69) is 15.3 Å². The molecule has 1 aliphatic heterocycles. The van der Waals surface area contributed by atoms with E-state index in [9.17, 15) is 4.79 Å². The first-order valence-electron chi connectivity index (χ1n) is 7.70. The second-order valence-electron chi connectivity index (χ2n) is 6.35. The molecule has 1 saturated heterocycles. The van der Waals surface area contributed by atoms with Crippen molar-refractivity contribution in [3.05, 3.63) is 47.1 Å². The predicted molar refractivity (Wildman–Crippen MR) is 93.4 cm³/mol. The van der Waals surface area contributed by atoms with Gasteiger partial charge in [0.15, 0.2) is 0 Å². The van der Waals surface area contributed by atoms with Gasteiger partial charge in [0.2, 0.25) is 5.95 Å². The SMILES string of the molecule is CC(Nc1nc(Cl)cc(N2C(=O)OCC2(C)C)n1)c1ccccc1. The molecule has 1 unspecified atom stereocenters. The number of nitrogens with zero attached hydrogens (tertiary/aromatic N) is 3. The lowest BCUT2D eigenvalue weighted by Crippen LogP contribution is -2.42. The van der Waals surface area contributed by atoms with Crippen molar-refractivity contribution in [3.63, 3.8) is 0 Å². The summed E-state index contributed by atoms with van der Waals surface area (Å²) in [6, 6.07) is 11.5. The van der Waals surface area contributed by atoms with Gasteiger partial charge in [-0.1, -0.05) is 41.9 Å². The van der Waals surface area contributed by atoms with Gasteiger partial charge in [0.05, 0.1) is 11.6 Å². The smallest absolute Gasteiger partial charge is 0.416 e. The van der Waals surface area contributed by atoms with Crippen molar-refractivity contribution in [2.45, 2.75) is 32.4 Å². The van der Waals surface area contributed by atoms with Crippen LogP contribution in [0.25, 0.3) is 0 Å². The van der Waals surface area contributed by atoms with Gasteiger partial charge in [0.1, 0.15) is 17.6 Å². The van der Waals surface area contributed by atoms with Crippen molar-refractivity contribution in [1.29, 1.82) is 0 Å². The number of hydrogen-bond donors (Lipinski definition) is 1. The molecule has 0 radical (unpaired) electrons. The number of cyclic esters (lactones) is 1. The second-order valence-corrected chi connectivity index (χ2v) is 6.74. The molecule has 3 rings (SSSR count). The van der Waals surface area contributed by atoms with Crippen LogP contribution in [0.4, 0.5) is 16.6 Å². The molecule has 0 spiro atoms. The summed E-state index contributed by atoms with van der Waals surface area (Å²) >= 11 is 6.13. The Bertz CT molecular complexity index is 752. The van der Waals surface area contributed by atoms with Crippen LogP contribution in [0.2, 0.25) is 5.15 Å². The molecule has 0 aliphatic carbocycles. The maximum atomic E-state index is 12.0. The van der Waals surface area contributed by atoms with E-state index >= 15 is 0 Å². The summed E-state index contributed by atoms with van der Waals surface area (Å²) in [4.78, 5) is 22.2. The predicted octanol–water partition coefficient (Wildman–Crippen LogP) is 4.04. The van der Waals surface area contributed by atoms with Gasteiger partial charge in [0.25, 0.3) is 0 Å². The number of carbonyl (C=O) groups is 1. The molecule has 6 nitrogen and oxygen atoms in total. The van der Waals surface area contributed by atoms with E-state index in [-0.39, 0.29) is 11.2 Å². The highest BCUT2D eigenvalue weighted by Gasteiger charge is 2.42. The fourth-order valence-electron chi connectivity index (χ4n) is 2.62. The lowest BCUT2D eigenvalue weighted by molar-refractivity contribution is 0.175. The van der Waals surface area contributed by atoms with Crippen LogP contribution in [0.5, 0.6) is 0 Å². The summed E-state index contributed by atoms with van der Waals surface area (Å²) in [5, 5.41) is 3.48. The molecule has 2 heterocycles. The van der Waals surface area contributed by atoms with Crippen molar-refractivity contribution in [1.82, 2.24) is 9.97 Å². The lowest BCUT2D eigenvalue weighted by Gasteiger charge is -2.27. The highest BCUT2D eigenvalue weighted by Crippen LogP contribution is 2.31. The summed E-state index contributed by atoms with van der Waals surface area (Å²) in [7, 11) is 0. The molecule has 126 valence electrons. The Balaban J connectivity index is 1.88. The normalized spacial score (nSPS) is 17.5. The molecule has 24 heavy (non-hydrogen) atoms. The number of benzene rings is 1. The first-order valence-corrected chi connectivity index (χ1v) is 8.08. The van der Waals surface area contributed by atoms with Crippen molar-refractivity contribution in [2.24, 2.45) is 0 Å². The van der Waals surface area contributed by atoms with Crippen LogP contribution < -0.4 is 10.2 Å². The summed E-state index contributed by atoms with van der Waals surface area (Å²) < 4.78 is 5.13. The molecule has 1 aromatic carbocycles. The van der Waals surface area contributed by atoms with Crippen LogP contribution in [0, 0.1) is 0 Å². The van der Waals surface area contributed by atoms with Gasteiger partial charge in [-0.2, -0.15) is 4.98 Å². The molecule has 0 saturated carbocycles. The molecule has 1 N–H and O–H groups in total. The van der Waals surface area contributed by atoms with E-state index in [1.54, 1.807) is 6.07 Å². The number of halogens is 1. The standard InChI is InChI=1S/C17H19ClN4O2/c1-11(12-7-5-4-6-8-12)19-15-20-13(18)9-14(21-15)22-16(23)24-10-17(22,2)3/h4-9,11H,10H2,1-3H3,(H,19,20,21). The van der Waals surface area contributed by atoms with E-state index < -0.39 is 11.6 Å². The van der Waals surface area contributed by atoms with Gasteiger partial charge < -0.3 is 10.1 Å². The number of ether oxygens (including phenoxy) is 1. The minimum absolute atomic E-state index is 0.00365. The van der Waals surface area contributed by atoms with Gasteiger partial charge in [-0.05, 0) is 26.3 Å². The van der Waals surface area contributed by atoms with Gasteiger partial charge in [-0.25, -0.2) is 9.78 Å². The van der Waals surface area contributed by atoms with Crippen LogP contribution in [0.3, 0.4) is 0 Å². The topological polar surface area (TPSA) is 67.4 Å². The third-order valence-corrected chi connectivity index (χ3v) is 4.09. The minimum Gasteiger partial charge on any atom is -0.447 e. The van der Waals surface area contributed by atoms with E-state index in [0.29, 0.717) is 18.4 Å². The molecule has 1 aromatic heterocycles. The van der Waals surface area contributed by atoms with Crippen LogP contribution in [0.1, 0.15) is 32.4 Å². The van der Waals surface area contributed by atoms with Crippen molar-refractivity contribution >= 4 is 29.5 Å². The first-order chi connectivity index (χ1) is 11.4. The largest absolute Gasteiger partial charge is 0.447 e. The Labute approximate surface area is 145 Å². The maximum Gasteiger partial charge on any atom is 0.416 e. The molecule has 1 amide bonds. The molecule has 2 aromatic rings. The molecule has 1 fully saturated rings. The zero-order chi connectivity index (χ0) is 17.3. The minimum atomic E-state index is -0.489. The highest BCUT2D eigenvalue weighted by atomic mass is 35.5. The third-order valence-electron chi connectivity index (χ3n) is 3.89. The maximum absolute atomic E-state index is 12.0. The zero-order valence-electron chi connectivity index (χ0n) is 13.8. The third kappa shape index (κ3) is 3.28. The molecule has 1 atom stereocenters. The van der Waals surface area contributed by atoms with Crippen LogP contribution in [-0.2, 0) is 4.74 Å². The van der Waals surface area contributed by atoms with Gasteiger partial charge >= 0.3 is 6.09 Å². The van der Waals surface area contributed by atoms with Crippen LogP contribution in [0.15, 0.2) is 36.4 Å². The Kier molecular flexibility index (Phi) is 4.32. The van der Waals surface area contributed by atoms with Gasteiger partial charge in [-0.15, -0.1) is 0 Å². The zero-order valence-corrected chi connectivity index (χ0v) is 14.5. The van der Waals surface area contributed by atoms with Crippen molar-refractivity contribution < 1.29 is 9.53 Å². The number of carbonyl (C=O) groups excluding carboxylic acids is 1. The summed E-state index contributed by atoms with van der Waals surface area (Å²) in [6.07, 6.45) is -0.433. The first kappa shape index (κ1) is 16.5. The lowest BCUT2D eigenvalue weighted by atomic mass is 10.1. The monoisotopic (exact) mass is 346 g/mol. The molecule has 1 aliphatic rings. The van der Waals surface area contributed by atoms with E-state index in [4.69, 9.17) is 16.3 Å². The van der Waals surface area contributed by atoms with E-state index in [1.807, 2.05) is 51.1 Å². The molecule has 7 heteroatoms. The average Bonchev–Trinajstić information content (AvgIpc) is 2.80. The number of anilines is 2. The van der Waals surface area contributed by atoms with E-state index in [1.165, 1.54) is 4.90 Å². The Morgan fingerprint density at radius 3 is 2.62 bits per heavy atom. The summed E-state index contributed by atoms with van der Waals surface area (Å²) in [6.45, 7) is 6.13. The number of amides is 1.